The van der Waals surface area contributed by atoms with Gasteiger partial charge in [0, 0.05) is 43.5 Å². The maximum absolute atomic E-state index is 11.2. The summed E-state index contributed by atoms with van der Waals surface area (Å²) in [4.78, 5) is 17.6. The molecule has 1 atom stereocenters. The van der Waals surface area contributed by atoms with Gasteiger partial charge in [0.25, 0.3) is 0 Å². The molecule has 0 radical (unpaired) electrons. The number of nitrogens with two attached hydrogens (primary N) is 1. The second-order valence-corrected chi connectivity index (χ2v) is 6.45. The summed E-state index contributed by atoms with van der Waals surface area (Å²) < 4.78 is 0. The molecule has 0 aromatic rings. The number of amidine groups is 1. The quantitative estimate of drug-likeness (QED) is 0.459. The molecule has 1 aliphatic carbocycles. The van der Waals surface area contributed by atoms with Crippen molar-refractivity contribution in [2.45, 2.75) is 39.2 Å². The van der Waals surface area contributed by atoms with Crippen LogP contribution in [0.1, 0.15) is 33.1 Å². The third-order valence-electron chi connectivity index (χ3n) is 4.47. The Balaban J connectivity index is 1.99. The molecule has 5 nitrogen and oxygen atoms in total. The van der Waals surface area contributed by atoms with E-state index < -0.39 is 0 Å². The number of hydrogen-bond donors (Lipinski definition) is 2. The van der Waals surface area contributed by atoms with E-state index in [1.807, 2.05) is 7.05 Å². The Morgan fingerprint density at radius 3 is 2.65 bits per heavy atom. The van der Waals surface area contributed by atoms with Crippen LogP contribution in [0.15, 0.2) is 16.9 Å². The smallest absolute Gasteiger partial charge is 0.185 e. The third-order valence-corrected chi connectivity index (χ3v) is 4.47. The van der Waals surface area contributed by atoms with Gasteiger partial charge in [-0.1, -0.05) is 13.8 Å². The molecule has 0 aromatic heterocycles. The molecule has 1 saturated carbocycles. The van der Waals surface area contributed by atoms with Crippen LogP contribution in [0.5, 0.6) is 0 Å². The van der Waals surface area contributed by atoms with E-state index in [1.165, 1.54) is 6.42 Å². The van der Waals surface area contributed by atoms with Crippen LogP contribution in [0, 0.1) is 11.3 Å². The van der Waals surface area contributed by atoms with E-state index in [2.05, 4.69) is 29.1 Å². The average Bonchev–Trinajstić information content (AvgIpc) is 2.75. The molecule has 2 fully saturated rings. The first-order valence-corrected chi connectivity index (χ1v) is 7.41. The zero-order valence-corrected chi connectivity index (χ0v) is 12.7. The van der Waals surface area contributed by atoms with Crippen molar-refractivity contribution in [1.82, 2.24) is 10.2 Å². The van der Waals surface area contributed by atoms with E-state index >= 15 is 0 Å². The fraction of sp³-hybridized carbons (Fsp3) is 0.733. The number of allylic oxidation sites excluding steroid dienone is 1. The summed E-state index contributed by atoms with van der Waals surface area (Å²) in [6.07, 6.45) is 5.99. The second-order valence-electron chi connectivity index (χ2n) is 6.45. The topological polar surface area (TPSA) is 70.7 Å². The van der Waals surface area contributed by atoms with Crippen LogP contribution in [0.25, 0.3) is 0 Å². The number of aliphatic imine (C=N–C) groups is 1. The molecule has 1 spiro atoms. The fourth-order valence-electron chi connectivity index (χ4n) is 3.29. The molecule has 20 heavy (non-hydrogen) atoms. The minimum atomic E-state index is 0.338. The van der Waals surface area contributed by atoms with E-state index in [0.29, 0.717) is 23.2 Å². The lowest BCUT2D eigenvalue weighted by Gasteiger charge is -2.49. The normalized spacial score (nSPS) is 26.1. The molecule has 112 valence electrons. The molecule has 2 aliphatic rings. The molecule has 3 N–H and O–H groups in total. The summed E-state index contributed by atoms with van der Waals surface area (Å²) in [5, 5.41) is 3.11. The maximum atomic E-state index is 11.2. The van der Waals surface area contributed by atoms with Gasteiger partial charge in [-0.2, -0.15) is 0 Å². The van der Waals surface area contributed by atoms with Gasteiger partial charge in [-0.15, -0.1) is 0 Å². The van der Waals surface area contributed by atoms with Crippen molar-refractivity contribution in [2.24, 2.45) is 22.1 Å². The van der Waals surface area contributed by atoms with E-state index in [0.717, 1.165) is 37.9 Å². The fourth-order valence-corrected chi connectivity index (χ4v) is 3.29. The highest BCUT2D eigenvalue weighted by Crippen LogP contribution is 2.44. The standard InChI is InChI=1S/C15H26N4O/c1-11(2)13(17-3)7-18-14(8-20)19-9-15(10-19)5-4-12(16)6-15/h7-8,11-12,17H,4-6,9-10,16H2,1-3H3/b13-7-,18-14?. The van der Waals surface area contributed by atoms with E-state index in [4.69, 9.17) is 5.73 Å². The number of hydrogen-bond acceptors (Lipinski definition) is 4. The van der Waals surface area contributed by atoms with Crippen molar-refractivity contribution < 1.29 is 4.79 Å². The largest absolute Gasteiger partial charge is 0.390 e. The molecule has 2 rings (SSSR count). The van der Waals surface area contributed by atoms with Gasteiger partial charge >= 0.3 is 0 Å². The molecule has 1 heterocycles. The molecule has 1 saturated heterocycles. The van der Waals surface area contributed by atoms with Crippen molar-refractivity contribution in [1.29, 1.82) is 0 Å². The Hall–Kier alpha value is -1.36. The maximum Gasteiger partial charge on any atom is 0.185 e. The minimum Gasteiger partial charge on any atom is -0.390 e. The summed E-state index contributed by atoms with van der Waals surface area (Å²) in [7, 11) is 1.88. The Bertz CT molecular complexity index is 422. The van der Waals surface area contributed by atoms with Crippen LogP contribution in [0.2, 0.25) is 0 Å². The van der Waals surface area contributed by atoms with Gasteiger partial charge in [0.2, 0.25) is 0 Å². The van der Waals surface area contributed by atoms with Crippen LogP contribution in [-0.4, -0.2) is 43.2 Å². The van der Waals surface area contributed by atoms with Crippen molar-refractivity contribution in [3.05, 3.63) is 11.9 Å². The van der Waals surface area contributed by atoms with Gasteiger partial charge in [0.05, 0.1) is 0 Å². The number of aldehydes is 1. The van der Waals surface area contributed by atoms with Crippen LogP contribution in [0.4, 0.5) is 0 Å². The molecule has 1 aliphatic heterocycles. The Morgan fingerprint density at radius 2 is 2.20 bits per heavy atom. The predicted molar refractivity (Wildman–Crippen MR) is 81.3 cm³/mol. The SMILES string of the molecule is CN/C(=C\N=C(C=O)N1CC2(CCC(N)C2)C1)C(C)C. The van der Waals surface area contributed by atoms with E-state index in [1.54, 1.807) is 6.20 Å². The van der Waals surface area contributed by atoms with Gasteiger partial charge in [-0.3, -0.25) is 4.79 Å². The van der Waals surface area contributed by atoms with Crippen LogP contribution in [0.3, 0.4) is 0 Å². The molecule has 1 unspecified atom stereocenters. The first-order chi connectivity index (χ1) is 9.49. The summed E-state index contributed by atoms with van der Waals surface area (Å²) in [6.45, 7) is 6.03. The van der Waals surface area contributed by atoms with E-state index in [-0.39, 0.29) is 0 Å². The minimum absolute atomic E-state index is 0.338. The van der Waals surface area contributed by atoms with Gasteiger partial charge in [0.1, 0.15) is 0 Å². The van der Waals surface area contributed by atoms with Crippen molar-refractivity contribution in [2.75, 3.05) is 20.1 Å². The van der Waals surface area contributed by atoms with Gasteiger partial charge in [-0.05, 0) is 25.2 Å². The predicted octanol–water partition coefficient (Wildman–Crippen LogP) is 1.11. The molecule has 0 amide bonds. The van der Waals surface area contributed by atoms with Crippen molar-refractivity contribution >= 4 is 12.1 Å². The van der Waals surface area contributed by atoms with Crippen LogP contribution >= 0.6 is 0 Å². The lowest BCUT2D eigenvalue weighted by atomic mass is 9.78. The second kappa shape index (κ2) is 5.95. The van der Waals surface area contributed by atoms with Gasteiger partial charge in [0.15, 0.2) is 12.1 Å². The molecule has 0 bridgehead atoms. The van der Waals surface area contributed by atoms with Gasteiger partial charge < -0.3 is 16.0 Å². The highest BCUT2D eigenvalue weighted by atomic mass is 16.1. The molecule has 5 heteroatoms. The molecular weight excluding hydrogens is 252 g/mol. The third kappa shape index (κ3) is 3.03. The summed E-state index contributed by atoms with van der Waals surface area (Å²) in [5.41, 5.74) is 7.36. The Labute approximate surface area is 121 Å². The molecular formula is C15H26N4O. The number of carbonyl (C=O) groups excluding carboxylic acids is 1. The monoisotopic (exact) mass is 278 g/mol. The van der Waals surface area contributed by atoms with Crippen molar-refractivity contribution in [3.8, 4) is 0 Å². The number of nitrogens with zero attached hydrogens (tertiary/aromatic N) is 2. The summed E-state index contributed by atoms with van der Waals surface area (Å²) in [6, 6.07) is 0.338. The number of rotatable bonds is 4. The average molecular weight is 278 g/mol. The number of carbonyl (C=O) groups is 1. The zero-order valence-electron chi connectivity index (χ0n) is 12.7. The van der Waals surface area contributed by atoms with E-state index in [9.17, 15) is 4.79 Å². The zero-order chi connectivity index (χ0) is 14.8. The number of nitrogens with one attached hydrogen (secondary N) is 1. The molecule has 0 aromatic carbocycles. The number of likely N-dealkylation sites (tertiary alicyclic amines) is 1. The van der Waals surface area contributed by atoms with Crippen molar-refractivity contribution in [3.63, 3.8) is 0 Å². The Kier molecular flexibility index (Phi) is 4.48. The Morgan fingerprint density at radius 1 is 1.50 bits per heavy atom. The first kappa shape index (κ1) is 15.0. The lowest BCUT2D eigenvalue weighted by molar-refractivity contribution is -0.103. The summed E-state index contributed by atoms with van der Waals surface area (Å²) >= 11 is 0. The first-order valence-electron chi connectivity index (χ1n) is 7.41. The van der Waals surface area contributed by atoms with Gasteiger partial charge in [-0.25, -0.2) is 4.99 Å². The highest BCUT2D eigenvalue weighted by Gasteiger charge is 2.48. The van der Waals surface area contributed by atoms with Crippen LogP contribution in [-0.2, 0) is 4.79 Å². The summed E-state index contributed by atoms with van der Waals surface area (Å²) in [5.74, 6) is 0.900. The highest BCUT2D eigenvalue weighted by molar-refractivity contribution is 6.27. The van der Waals surface area contributed by atoms with Crippen LogP contribution < -0.4 is 11.1 Å². The lowest BCUT2D eigenvalue weighted by Crippen LogP contribution is -2.58.